The predicted octanol–water partition coefficient (Wildman–Crippen LogP) is 2.58. The molecule has 1 atom stereocenters. The van der Waals surface area contributed by atoms with Gasteiger partial charge in [-0.25, -0.2) is 14.3 Å². The van der Waals surface area contributed by atoms with E-state index >= 15 is 0 Å². The average molecular weight is 403 g/mol. The number of nitrogens with one attached hydrogen (secondary N) is 2. The molecule has 29 heavy (non-hydrogen) atoms. The number of carbonyl (C=O) groups excluding carboxylic acids is 1. The third kappa shape index (κ3) is 4.48. The topological polar surface area (TPSA) is 104 Å². The summed E-state index contributed by atoms with van der Waals surface area (Å²) >= 11 is 0. The zero-order valence-electron chi connectivity index (χ0n) is 15.4. The van der Waals surface area contributed by atoms with Crippen molar-refractivity contribution in [2.24, 2.45) is 0 Å². The third-order valence-electron chi connectivity index (χ3n) is 4.30. The number of para-hydroxylation sites is 1. The highest BCUT2D eigenvalue weighted by atomic mass is 19.2. The normalized spacial score (nSPS) is 12.0. The van der Waals surface area contributed by atoms with Crippen molar-refractivity contribution in [1.29, 1.82) is 0 Å². The lowest BCUT2D eigenvalue weighted by Crippen LogP contribution is -2.30. The molecule has 0 fully saturated rings. The zero-order valence-corrected chi connectivity index (χ0v) is 15.4. The van der Waals surface area contributed by atoms with Crippen molar-refractivity contribution in [3.63, 3.8) is 0 Å². The summed E-state index contributed by atoms with van der Waals surface area (Å²) in [5.74, 6) is -3.23. The summed E-state index contributed by atoms with van der Waals surface area (Å²) in [6, 6.07) is 9.27. The van der Waals surface area contributed by atoms with Crippen molar-refractivity contribution in [3.8, 4) is 0 Å². The molecule has 7 nitrogen and oxygen atoms in total. The fourth-order valence-electron chi connectivity index (χ4n) is 2.71. The number of pyridine rings is 1. The van der Waals surface area contributed by atoms with E-state index in [2.05, 4.69) is 10.3 Å². The number of benzene rings is 2. The molecule has 0 unspecified atom stereocenters. The maximum Gasteiger partial charge on any atom is 0.277 e. The number of halogens is 2. The number of aromatic nitrogens is 1. The molecule has 9 heteroatoms. The Kier molecular flexibility index (Phi) is 6.32. The van der Waals surface area contributed by atoms with Gasteiger partial charge in [-0.1, -0.05) is 18.2 Å². The lowest BCUT2D eigenvalue weighted by Gasteiger charge is -2.16. The number of nitrogens with zero attached hydrogens (tertiary/aromatic N) is 1. The van der Waals surface area contributed by atoms with Crippen molar-refractivity contribution in [1.82, 2.24) is 10.5 Å². The van der Waals surface area contributed by atoms with Crippen LogP contribution in [0.1, 0.15) is 15.9 Å². The number of fused-ring (bicyclic) bond motifs is 1. The summed E-state index contributed by atoms with van der Waals surface area (Å²) in [7, 11) is 0. The highest BCUT2D eigenvalue weighted by Gasteiger charge is 2.20. The van der Waals surface area contributed by atoms with Gasteiger partial charge in [0.1, 0.15) is 12.7 Å². The molecule has 3 rings (SSSR count). The van der Waals surface area contributed by atoms with Gasteiger partial charge in [0.2, 0.25) is 0 Å². The largest absolute Gasteiger partial charge is 0.394 e. The number of hydrogen-bond acceptors (Lipinski definition) is 6. The van der Waals surface area contributed by atoms with Gasteiger partial charge in [-0.15, -0.1) is 0 Å². The lowest BCUT2D eigenvalue weighted by molar-refractivity contribution is -0.0295. The molecule has 0 saturated heterocycles. The lowest BCUT2D eigenvalue weighted by atomic mass is 10.1. The van der Waals surface area contributed by atoms with Gasteiger partial charge in [-0.3, -0.25) is 14.6 Å². The van der Waals surface area contributed by atoms with Crippen LogP contribution in [0.3, 0.4) is 0 Å². The van der Waals surface area contributed by atoms with E-state index in [1.54, 1.807) is 6.92 Å². The fraction of sp³-hybridized carbons (Fsp3) is 0.200. The summed E-state index contributed by atoms with van der Waals surface area (Å²) in [6.45, 7) is 0.868. The van der Waals surface area contributed by atoms with Gasteiger partial charge in [0.15, 0.2) is 11.6 Å². The van der Waals surface area contributed by atoms with E-state index in [1.165, 1.54) is 6.20 Å². The van der Waals surface area contributed by atoms with Crippen LogP contribution in [0.5, 0.6) is 0 Å². The van der Waals surface area contributed by atoms with Crippen LogP contribution in [0.15, 0.2) is 42.6 Å². The number of rotatable bonds is 7. The molecule has 0 aliphatic rings. The van der Waals surface area contributed by atoms with Gasteiger partial charge in [0, 0.05) is 5.39 Å². The van der Waals surface area contributed by atoms with Crippen molar-refractivity contribution in [2.45, 2.75) is 13.0 Å². The molecule has 1 heterocycles. The van der Waals surface area contributed by atoms with E-state index in [1.807, 2.05) is 29.7 Å². The van der Waals surface area contributed by atoms with E-state index < -0.39 is 30.3 Å². The summed E-state index contributed by atoms with van der Waals surface area (Å²) < 4.78 is 28.3. The van der Waals surface area contributed by atoms with Gasteiger partial charge in [0.05, 0.1) is 35.3 Å². The van der Waals surface area contributed by atoms with Gasteiger partial charge in [0.25, 0.3) is 5.91 Å². The third-order valence-corrected chi connectivity index (χ3v) is 4.30. The molecule has 152 valence electrons. The SMILES string of the molecule is Cc1c(Nc2c(C(=O)NOC[C@H](O)CO)ccc(F)c2F)cnc2ccccc12. The Morgan fingerprint density at radius 2 is 2.00 bits per heavy atom. The number of aliphatic hydroxyl groups excluding tert-OH is 2. The van der Waals surface area contributed by atoms with Crippen LogP contribution in [0.25, 0.3) is 10.9 Å². The molecule has 4 N–H and O–H groups in total. The first kappa shape index (κ1) is 20.6. The molecule has 0 bridgehead atoms. The number of carbonyl (C=O) groups is 1. The zero-order chi connectivity index (χ0) is 21.0. The van der Waals surface area contributed by atoms with Crippen molar-refractivity contribution in [3.05, 3.63) is 65.4 Å². The summed E-state index contributed by atoms with van der Waals surface area (Å²) in [4.78, 5) is 21.4. The molecule has 0 saturated carbocycles. The predicted molar refractivity (Wildman–Crippen MR) is 103 cm³/mol. The van der Waals surface area contributed by atoms with Crippen molar-refractivity contribution in [2.75, 3.05) is 18.5 Å². The Labute approximate surface area is 164 Å². The Morgan fingerprint density at radius 3 is 2.76 bits per heavy atom. The number of aryl methyl sites for hydroxylation is 1. The molecule has 1 amide bonds. The Morgan fingerprint density at radius 1 is 1.24 bits per heavy atom. The van der Waals surface area contributed by atoms with Crippen LogP contribution in [-0.4, -0.2) is 40.4 Å². The maximum absolute atomic E-state index is 14.5. The minimum absolute atomic E-state index is 0.213. The molecule has 1 aromatic heterocycles. The molecule has 0 radical (unpaired) electrons. The molecule has 0 aliphatic carbocycles. The first-order valence-electron chi connectivity index (χ1n) is 8.72. The smallest absolute Gasteiger partial charge is 0.277 e. The van der Waals surface area contributed by atoms with Crippen LogP contribution < -0.4 is 10.8 Å². The van der Waals surface area contributed by atoms with Crippen LogP contribution in [0.2, 0.25) is 0 Å². The molecule has 2 aromatic carbocycles. The second kappa shape index (κ2) is 8.91. The molecule has 0 aliphatic heterocycles. The van der Waals surface area contributed by atoms with E-state index in [4.69, 9.17) is 9.94 Å². The summed E-state index contributed by atoms with van der Waals surface area (Å²) in [5, 5.41) is 21.5. The number of anilines is 2. The van der Waals surface area contributed by atoms with E-state index in [0.29, 0.717) is 5.69 Å². The number of amides is 1. The molecule has 0 spiro atoms. The first-order valence-corrected chi connectivity index (χ1v) is 8.72. The minimum Gasteiger partial charge on any atom is -0.394 e. The monoisotopic (exact) mass is 403 g/mol. The average Bonchev–Trinajstić information content (AvgIpc) is 2.73. The first-order chi connectivity index (χ1) is 13.9. The molecular formula is C20H19F2N3O4. The second-order valence-corrected chi connectivity index (χ2v) is 6.30. The van der Waals surface area contributed by atoms with E-state index in [-0.39, 0.29) is 17.9 Å². The maximum atomic E-state index is 14.5. The van der Waals surface area contributed by atoms with Gasteiger partial charge < -0.3 is 15.5 Å². The Hall–Kier alpha value is -3.14. The standard InChI is InChI=1S/C20H19F2N3O4/c1-11-13-4-2-3-5-16(13)23-8-17(11)24-19-14(6-7-15(21)18(19)22)20(28)25-29-10-12(27)9-26/h2-8,12,24,26-27H,9-10H2,1H3,(H,25,28)/t12-/m1/s1. The van der Waals surface area contributed by atoms with Gasteiger partial charge in [-0.05, 0) is 30.7 Å². The Bertz CT molecular complexity index is 1050. The van der Waals surface area contributed by atoms with Gasteiger partial charge in [-0.2, -0.15) is 0 Å². The second-order valence-electron chi connectivity index (χ2n) is 6.30. The number of aliphatic hydroxyl groups is 2. The van der Waals surface area contributed by atoms with Crippen LogP contribution >= 0.6 is 0 Å². The minimum atomic E-state index is -1.24. The summed E-state index contributed by atoms with van der Waals surface area (Å²) in [5.41, 5.74) is 3.32. The number of hydroxylamine groups is 1. The van der Waals surface area contributed by atoms with Crippen LogP contribution in [0.4, 0.5) is 20.2 Å². The van der Waals surface area contributed by atoms with E-state index in [0.717, 1.165) is 28.6 Å². The highest BCUT2D eigenvalue weighted by Crippen LogP contribution is 2.30. The van der Waals surface area contributed by atoms with Crippen LogP contribution in [0, 0.1) is 18.6 Å². The van der Waals surface area contributed by atoms with Gasteiger partial charge >= 0.3 is 0 Å². The van der Waals surface area contributed by atoms with Crippen LogP contribution in [-0.2, 0) is 4.84 Å². The quantitative estimate of drug-likeness (QED) is 0.452. The van der Waals surface area contributed by atoms with Crippen molar-refractivity contribution < 1.29 is 28.6 Å². The Balaban J connectivity index is 1.92. The molecule has 3 aromatic rings. The number of hydrogen-bond donors (Lipinski definition) is 4. The summed E-state index contributed by atoms with van der Waals surface area (Å²) in [6.07, 6.45) is 0.279. The van der Waals surface area contributed by atoms with E-state index in [9.17, 15) is 18.7 Å². The highest BCUT2D eigenvalue weighted by molar-refractivity contribution is 6.00. The van der Waals surface area contributed by atoms with Crippen molar-refractivity contribution >= 4 is 28.2 Å². The molecular weight excluding hydrogens is 384 g/mol. The fourth-order valence-corrected chi connectivity index (χ4v) is 2.71.